The predicted octanol–water partition coefficient (Wildman–Crippen LogP) is 2.90. The molecule has 2 aromatic rings. The van der Waals surface area contributed by atoms with Gasteiger partial charge in [0.1, 0.15) is 5.01 Å². The van der Waals surface area contributed by atoms with Crippen molar-refractivity contribution in [2.24, 2.45) is 5.92 Å². The summed E-state index contributed by atoms with van der Waals surface area (Å²) in [5.74, 6) is -0.473. The van der Waals surface area contributed by atoms with E-state index in [1.807, 2.05) is 0 Å². The number of anilines is 1. The fourth-order valence-corrected chi connectivity index (χ4v) is 4.36. The topological polar surface area (TPSA) is 92.3 Å². The third kappa shape index (κ3) is 3.62. The molecule has 0 unspecified atom stereocenters. The van der Waals surface area contributed by atoms with Crippen molar-refractivity contribution in [2.75, 3.05) is 11.9 Å². The molecule has 1 aliphatic heterocycles. The van der Waals surface area contributed by atoms with Crippen molar-refractivity contribution in [1.29, 1.82) is 0 Å². The number of hydrogen-bond acceptors (Lipinski definition) is 6. The monoisotopic (exact) mass is 384 g/mol. The fourth-order valence-electron chi connectivity index (χ4n) is 3.63. The van der Waals surface area contributed by atoms with Crippen LogP contribution in [0.15, 0.2) is 24.3 Å². The maximum absolute atomic E-state index is 12.4. The highest BCUT2D eigenvalue weighted by Crippen LogP contribution is 2.26. The number of nitrogens with zero attached hydrogens (tertiary/aromatic N) is 3. The lowest BCUT2D eigenvalue weighted by molar-refractivity contribution is -0.120. The van der Waals surface area contributed by atoms with Gasteiger partial charge >= 0.3 is 0 Å². The predicted molar refractivity (Wildman–Crippen MR) is 101 cm³/mol. The van der Waals surface area contributed by atoms with E-state index in [4.69, 9.17) is 0 Å². The van der Waals surface area contributed by atoms with Crippen molar-refractivity contribution in [3.63, 3.8) is 0 Å². The molecule has 2 aliphatic rings. The van der Waals surface area contributed by atoms with Crippen molar-refractivity contribution >= 4 is 34.2 Å². The maximum atomic E-state index is 12.4. The first-order valence-corrected chi connectivity index (χ1v) is 10.0. The minimum absolute atomic E-state index is 0.0118. The SMILES string of the molecule is O=C(Nc1nnc(CCN2C(=O)c3ccccc3C2=O)s1)C1CCCCC1. The van der Waals surface area contributed by atoms with Gasteiger partial charge in [0.05, 0.1) is 11.1 Å². The van der Waals surface area contributed by atoms with Crippen LogP contribution >= 0.6 is 11.3 Å². The van der Waals surface area contributed by atoms with Crippen molar-refractivity contribution in [3.8, 4) is 0 Å². The Hall–Kier alpha value is -2.61. The number of imide groups is 1. The quantitative estimate of drug-likeness (QED) is 0.800. The van der Waals surface area contributed by atoms with E-state index in [9.17, 15) is 14.4 Å². The molecule has 1 aliphatic carbocycles. The highest BCUT2D eigenvalue weighted by Gasteiger charge is 2.34. The van der Waals surface area contributed by atoms with E-state index in [2.05, 4.69) is 15.5 Å². The number of rotatable bonds is 5. The Kier molecular flexibility index (Phi) is 4.98. The number of carbonyl (C=O) groups excluding carboxylic acids is 3. The van der Waals surface area contributed by atoms with Crippen LogP contribution in [0.2, 0.25) is 0 Å². The molecule has 3 amide bonds. The first-order chi connectivity index (χ1) is 13.1. The van der Waals surface area contributed by atoms with E-state index in [0.717, 1.165) is 25.7 Å². The first kappa shape index (κ1) is 17.8. The third-order valence-corrected chi connectivity index (χ3v) is 6.00. The van der Waals surface area contributed by atoms with Gasteiger partial charge in [0.25, 0.3) is 11.8 Å². The van der Waals surface area contributed by atoms with Gasteiger partial charge in [0.15, 0.2) is 0 Å². The van der Waals surface area contributed by atoms with Crippen LogP contribution < -0.4 is 5.32 Å². The molecule has 0 spiro atoms. The zero-order valence-corrected chi connectivity index (χ0v) is 15.6. The molecule has 4 rings (SSSR count). The maximum Gasteiger partial charge on any atom is 0.261 e. The minimum Gasteiger partial charge on any atom is -0.300 e. The van der Waals surface area contributed by atoms with Crippen LogP contribution in [0.25, 0.3) is 0 Å². The number of amides is 3. The molecule has 1 aromatic carbocycles. The van der Waals surface area contributed by atoms with Crippen molar-refractivity contribution < 1.29 is 14.4 Å². The van der Waals surface area contributed by atoms with Crippen LogP contribution in [0.5, 0.6) is 0 Å². The average molecular weight is 384 g/mol. The molecule has 140 valence electrons. The Morgan fingerprint density at radius 2 is 1.74 bits per heavy atom. The molecular weight excluding hydrogens is 364 g/mol. The summed E-state index contributed by atoms with van der Waals surface area (Å²) in [6, 6.07) is 6.83. The Labute approximate surface area is 160 Å². The van der Waals surface area contributed by atoms with E-state index in [-0.39, 0.29) is 30.2 Å². The van der Waals surface area contributed by atoms with E-state index >= 15 is 0 Å². The number of carbonyl (C=O) groups is 3. The molecule has 0 bridgehead atoms. The summed E-state index contributed by atoms with van der Waals surface area (Å²) < 4.78 is 0. The zero-order valence-electron chi connectivity index (χ0n) is 14.8. The molecule has 8 heteroatoms. The van der Waals surface area contributed by atoms with Gasteiger partial charge in [-0.25, -0.2) is 0 Å². The lowest BCUT2D eigenvalue weighted by Crippen LogP contribution is -2.31. The van der Waals surface area contributed by atoms with Gasteiger partial charge in [0.2, 0.25) is 11.0 Å². The van der Waals surface area contributed by atoms with Gasteiger partial charge in [-0.3, -0.25) is 19.3 Å². The lowest BCUT2D eigenvalue weighted by Gasteiger charge is -2.19. The summed E-state index contributed by atoms with van der Waals surface area (Å²) in [6.07, 6.45) is 5.67. The largest absolute Gasteiger partial charge is 0.300 e. The van der Waals surface area contributed by atoms with E-state index < -0.39 is 0 Å². The Balaban J connectivity index is 1.34. The standard InChI is InChI=1S/C19H20N4O3S/c24-16(12-6-2-1-3-7-12)20-19-22-21-15(27-19)10-11-23-17(25)13-8-4-5-9-14(13)18(23)26/h4-5,8-9,12H,1-3,6-7,10-11H2,(H,20,22,24). The fraction of sp³-hybridized carbons (Fsp3) is 0.421. The van der Waals surface area contributed by atoms with E-state index in [1.54, 1.807) is 24.3 Å². The molecule has 0 radical (unpaired) electrons. The van der Waals surface area contributed by atoms with Crippen LogP contribution in [0.1, 0.15) is 57.8 Å². The number of fused-ring (bicyclic) bond motifs is 1. The summed E-state index contributed by atoms with van der Waals surface area (Å²) in [5.41, 5.74) is 0.889. The van der Waals surface area contributed by atoms with Crippen LogP contribution in [-0.2, 0) is 11.2 Å². The number of hydrogen-bond donors (Lipinski definition) is 1. The van der Waals surface area contributed by atoms with Gasteiger partial charge in [-0.05, 0) is 25.0 Å². The van der Waals surface area contributed by atoms with Gasteiger partial charge in [0, 0.05) is 18.9 Å². The Morgan fingerprint density at radius 1 is 1.07 bits per heavy atom. The van der Waals surface area contributed by atoms with Gasteiger partial charge in [-0.2, -0.15) is 0 Å². The Morgan fingerprint density at radius 3 is 2.41 bits per heavy atom. The van der Waals surface area contributed by atoms with E-state index in [1.165, 1.54) is 22.7 Å². The summed E-state index contributed by atoms with van der Waals surface area (Å²) in [7, 11) is 0. The highest BCUT2D eigenvalue weighted by molar-refractivity contribution is 7.15. The summed E-state index contributed by atoms with van der Waals surface area (Å²) >= 11 is 1.29. The van der Waals surface area contributed by atoms with Crippen LogP contribution in [0, 0.1) is 5.92 Å². The molecule has 7 nitrogen and oxygen atoms in total. The van der Waals surface area contributed by atoms with Gasteiger partial charge < -0.3 is 5.32 Å². The van der Waals surface area contributed by atoms with Crippen LogP contribution in [0.3, 0.4) is 0 Å². The normalized spacial score (nSPS) is 17.3. The average Bonchev–Trinajstić information content (AvgIpc) is 3.24. The second-order valence-corrected chi connectivity index (χ2v) is 7.94. The van der Waals surface area contributed by atoms with Crippen molar-refractivity contribution in [1.82, 2.24) is 15.1 Å². The molecular formula is C19H20N4O3S. The van der Waals surface area contributed by atoms with Crippen molar-refractivity contribution in [3.05, 3.63) is 40.4 Å². The number of benzene rings is 1. The molecule has 1 aromatic heterocycles. The summed E-state index contributed by atoms with van der Waals surface area (Å²) in [4.78, 5) is 38.3. The Bertz CT molecular complexity index is 854. The number of nitrogens with one attached hydrogen (secondary N) is 1. The minimum atomic E-state index is -0.272. The van der Waals surface area contributed by atoms with Gasteiger partial charge in [-0.1, -0.05) is 42.7 Å². The van der Waals surface area contributed by atoms with Crippen molar-refractivity contribution in [2.45, 2.75) is 38.5 Å². The molecule has 1 saturated carbocycles. The highest BCUT2D eigenvalue weighted by atomic mass is 32.1. The first-order valence-electron chi connectivity index (χ1n) is 9.22. The molecule has 0 saturated heterocycles. The smallest absolute Gasteiger partial charge is 0.261 e. The molecule has 27 heavy (non-hydrogen) atoms. The molecule has 2 heterocycles. The second-order valence-electron chi connectivity index (χ2n) is 6.88. The molecule has 1 N–H and O–H groups in total. The van der Waals surface area contributed by atoms with E-state index in [0.29, 0.717) is 27.7 Å². The lowest BCUT2D eigenvalue weighted by atomic mass is 9.89. The molecule has 0 atom stereocenters. The van der Waals surface area contributed by atoms with Crippen LogP contribution in [0.4, 0.5) is 5.13 Å². The summed E-state index contributed by atoms with van der Waals surface area (Å²) in [5, 5.41) is 12.1. The molecule has 1 fully saturated rings. The second kappa shape index (κ2) is 7.56. The summed E-state index contributed by atoms with van der Waals surface area (Å²) in [6.45, 7) is 0.248. The third-order valence-electron chi connectivity index (χ3n) is 5.10. The number of aromatic nitrogens is 2. The van der Waals surface area contributed by atoms with Crippen LogP contribution in [-0.4, -0.2) is 39.4 Å². The zero-order chi connectivity index (χ0) is 18.8. The van der Waals surface area contributed by atoms with Gasteiger partial charge in [-0.15, -0.1) is 10.2 Å².